The number of rotatable bonds is 2. The molecule has 0 amide bonds. The van der Waals surface area contributed by atoms with Crippen molar-refractivity contribution >= 4 is 27.3 Å². The van der Waals surface area contributed by atoms with Crippen LogP contribution in [0.4, 0.5) is 0 Å². The quantitative estimate of drug-likeness (QED) is 0.895. The molecule has 1 N–H and O–H groups in total. The Morgan fingerprint density at radius 1 is 1.42 bits per heavy atom. The highest BCUT2D eigenvalue weighted by Gasteiger charge is 2.30. The molecule has 2 heterocycles. The van der Waals surface area contributed by atoms with Gasteiger partial charge in [-0.2, -0.15) is 0 Å². The number of benzene rings is 1. The van der Waals surface area contributed by atoms with Gasteiger partial charge in [0.1, 0.15) is 17.6 Å². The molecule has 5 heteroatoms. The molecule has 2 aromatic rings. The number of halogens is 1. The van der Waals surface area contributed by atoms with Gasteiger partial charge in [-0.3, -0.25) is 0 Å². The van der Waals surface area contributed by atoms with Crippen molar-refractivity contribution in [3.63, 3.8) is 0 Å². The van der Waals surface area contributed by atoms with Gasteiger partial charge in [-0.25, -0.2) is 0 Å². The Kier molecular flexibility index (Phi) is 3.52. The van der Waals surface area contributed by atoms with Crippen molar-refractivity contribution < 1.29 is 14.6 Å². The second kappa shape index (κ2) is 5.15. The summed E-state index contributed by atoms with van der Waals surface area (Å²) in [6.45, 7) is 0. The molecule has 2 atom stereocenters. The number of thiophene rings is 1. The monoisotopic (exact) mass is 340 g/mol. The average molecular weight is 341 g/mol. The van der Waals surface area contributed by atoms with E-state index in [4.69, 9.17) is 9.47 Å². The van der Waals surface area contributed by atoms with Gasteiger partial charge in [-0.1, -0.05) is 0 Å². The molecule has 1 unspecified atom stereocenters. The highest BCUT2D eigenvalue weighted by atomic mass is 79.9. The topological polar surface area (TPSA) is 38.7 Å². The molecule has 19 heavy (non-hydrogen) atoms. The van der Waals surface area contributed by atoms with Gasteiger partial charge in [0.15, 0.2) is 0 Å². The molecule has 0 fully saturated rings. The van der Waals surface area contributed by atoms with E-state index in [2.05, 4.69) is 15.9 Å². The molecule has 100 valence electrons. The summed E-state index contributed by atoms with van der Waals surface area (Å²) in [5.74, 6) is 1.46. The van der Waals surface area contributed by atoms with Crippen LogP contribution in [-0.2, 0) is 0 Å². The van der Waals surface area contributed by atoms with Crippen LogP contribution in [0.25, 0.3) is 0 Å². The molecule has 1 aliphatic heterocycles. The predicted molar refractivity (Wildman–Crippen MR) is 78.0 cm³/mol. The standard InChI is InChI=1S/C14H13BrO3S/c1-17-8-2-3-12-9(6-8)11(16)7-13(18-12)14-10(15)4-5-19-14/h2-6,11,13,16H,7H2,1H3/t11-,13?/m0/s1. The highest BCUT2D eigenvalue weighted by molar-refractivity contribution is 9.10. The zero-order valence-electron chi connectivity index (χ0n) is 10.3. The number of hydrogen-bond donors (Lipinski definition) is 1. The first-order valence-corrected chi connectivity index (χ1v) is 7.62. The second-order valence-electron chi connectivity index (χ2n) is 4.39. The molecule has 0 aliphatic carbocycles. The van der Waals surface area contributed by atoms with E-state index in [-0.39, 0.29) is 6.10 Å². The van der Waals surface area contributed by atoms with Crippen LogP contribution in [0.1, 0.15) is 29.1 Å². The average Bonchev–Trinajstić information content (AvgIpc) is 2.84. The smallest absolute Gasteiger partial charge is 0.137 e. The summed E-state index contributed by atoms with van der Waals surface area (Å²) >= 11 is 5.15. The van der Waals surface area contributed by atoms with E-state index in [0.29, 0.717) is 6.42 Å². The van der Waals surface area contributed by atoms with Crippen LogP contribution in [0.3, 0.4) is 0 Å². The van der Waals surface area contributed by atoms with Crippen LogP contribution in [0.5, 0.6) is 11.5 Å². The molecule has 1 aromatic heterocycles. The van der Waals surface area contributed by atoms with Crippen LogP contribution in [0.2, 0.25) is 0 Å². The Labute approximate surface area is 123 Å². The number of aliphatic hydroxyl groups is 1. The third-order valence-corrected chi connectivity index (χ3v) is 5.18. The largest absolute Gasteiger partial charge is 0.497 e. The molecule has 0 radical (unpaired) electrons. The first-order valence-electron chi connectivity index (χ1n) is 5.94. The molecule has 3 nitrogen and oxygen atoms in total. The van der Waals surface area contributed by atoms with E-state index in [0.717, 1.165) is 26.4 Å². The van der Waals surface area contributed by atoms with Crippen molar-refractivity contribution in [1.29, 1.82) is 0 Å². The summed E-state index contributed by atoms with van der Waals surface area (Å²) in [4.78, 5) is 1.11. The lowest BCUT2D eigenvalue weighted by Gasteiger charge is -2.29. The molecule has 0 spiro atoms. The van der Waals surface area contributed by atoms with Crippen LogP contribution in [-0.4, -0.2) is 12.2 Å². The predicted octanol–water partition coefficient (Wildman–Crippen LogP) is 4.08. The van der Waals surface area contributed by atoms with Crippen molar-refractivity contribution in [3.8, 4) is 11.5 Å². The summed E-state index contributed by atoms with van der Waals surface area (Å²) in [7, 11) is 1.61. The third-order valence-electron chi connectivity index (χ3n) is 3.22. The maximum atomic E-state index is 10.3. The van der Waals surface area contributed by atoms with Crippen LogP contribution in [0, 0.1) is 0 Å². The number of hydrogen-bond acceptors (Lipinski definition) is 4. The van der Waals surface area contributed by atoms with Crippen LogP contribution < -0.4 is 9.47 Å². The first-order chi connectivity index (χ1) is 9.19. The SMILES string of the molecule is COc1ccc2c(c1)[C@@H](O)CC(c1sccc1Br)O2. The summed E-state index contributed by atoms with van der Waals surface area (Å²) in [6, 6.07) is 7.53. The number of ether oxygens (including phenoxy) is 2. The fourth-order valence-electron chi connectivity index (χ4n) is 2.25. The lowest BCUT2D eigenvalue weighted by Crippen LogP contribution is -2.18. The van der Waals surface area contributed by atoms with Crippen molar-refractivity contribution in [2.45, 2.75) is 18.6 Å². The minimum atomic E-state index is -0.530. The lowest BCUT2D eigenvalue weighted by molar-refractivity contribution is 0.0668. The summed E-state index contributed by atoms with van der Waals surface area (Å²) in [5.41, 5.74) is 0.795. The lowest BCUT2D eigenvalue weighted by atomic mass is 9.98. The Morgan fingerprint density at radius 2 is 2.26 bits per heavy atom. The van der Waals surface area contributed by atoms with Gasteiger partial charge in [-0.05, 0) is 45.6 Å². The number of fused-ring (bicyclic) bond motifs is 1. The van der Waals surface area contributed by atoms with E-state index >= 15 is 0 Å². The van der Waals surface area contributed by atoms with E-state index < -0.39 is 6.10 Å². The molecular weight excluding hydrogens is 328 g/mol. The Bertz CT molecular complexity index is 596. The zero-order chi connectivity index (χ0) is 13.4. The maximum absolute atomic E-state index is 10.3. The summed E-state index contributed by atoms with van der Waals surface area (Å²) < 4.78 is 12.2. The summed E-state index contributed by atoms with van der Waals surface area (Å²) in [6.07, 6.45) is -0.0812. The van der Waals surface area contributed by atoms with Gasteiger partial charge in [0.25, 0.3) is 0 Å². The zero-order valence-corrected chi connectivity index (χ0v) is 12.7. The molecular formula is C14H13BrO3S. The fourth-order valence-corrected chi connectivity index (χ4v) is 3.92. The Hall–Kier alpha value is -1.04. The van der Waals surface area contributed by atoms with Crippen molar-refractivity contribution in [2.75, 3.05) is 7.11 Å². The van der Waals surface area contributed by atoms with Gasteiger partial charge in [0.05, 0.1) is 18.1 Å². The summed E-state index contributed by atoms with van der Waals surface area (Å²) in [5, 5.41) is 12.3. The van der Waals surface area contributed by atoms with Gasteiger partial charge >= 0.3 is 0 Å². The van der Waals surface area contributed by atoms with Crippen LogP contribution in [0.15, 0.2) is 34.1 Å². The van der Waals surface area contributed by atoms with Crippen molar-refractivity contribution in [2.24, 2.45) is 0 Å². The molecule has 1 aliphatic rings. The van der Waals surface area contributed by atoms with Crippen molar-refractivity contribution in [3.05, 3.63) is 44.6 Å². The Morgan fingerprint density at radius 3 is 2.95 bits per heavy atom. The third kappa shape index (κ3) is 2.38. The normalized spacial score (nSPS) is 21.6. The van der Waals surface area contributed by atoms with E-state index in [1.807, 2.05) is 29.6 Å². The first kappa shape index (κ1) is 13.0. The highest BCUT2D eigenvalue weighted by Crippen LogP contribution is 2.44. The molecule has 0 saturated carbocycles. The van der Waals surface area contributed by atoms with Gasteiger partial charge in [-0.15, -0.1) is 11.3 Å². The molecule has 3 rings (SSSR count). The minimum absolute atomic E-state index is 0.106. The fraction of sp³-hybridized carbons (Fsp3) is 0.286. The van der Waals surface area contributed by atoms with Gasteiger partial charge in [0, 0.05) is 16.5 Å². The van der Waals surface area contributed by atoms with E-state index in [1.165, 1.54) is 0 Å². The minimum Gasteiger partial charge on any atom is -0.497 e. The molecule has 0 bridgehead atoms. The van der Waals surface area contributed by atoms with Gasteiger partial charge in [0.2, 0.25) is 0 Å². The number of methoxy groups -OCH3 is 1. The van der Waals surface area contributed by atoms with E-state index in [9.17, 15) is 5.11 Å². The maximum Gasteiger partial charge on any atom is 0.137 e. The number of aliphatic hydroxyl groups excluding tert-OH is 1. The molecule has 0 saturated heterocycles. The molecule has 1 aromatic carbocycles. The van der Waals surface area contributed by atoms with Gasteiger partial charge < -0.3 is 14.6 Å². The Balaban J connectivity index is 1.94. The van der Waals surface area contributed by atoms with Crippen LogP contribution >= 0.6 is 27.3 Å². The second-order valence-corrected chi connectivity index (χ2v) is 6.20. The van der Waals surface area contributed by atoms with E-state index in [1.54, 1.807) is 18.4 Å². The van der Waals surface area contributed by atoms with Crippen molar-refractivity contribution in [1.82, 2.24) is 0 Å².